The second-order valence-corrected chi connectivity index (χ2v) is 3.05. The van der Waals surface area contributed by atoms with Crippen LogP contribution in [-0.2, 0) is 7.05 Å². The topological polar surface area (TPSA) is 74.5 Å². The van der Waals surface area contributed by atoms with Crippen LogP contribution in [0.15, 0.2) is 18.3 Å². The van der Waals surface area contributed by atoms with Gasteiger partial charge in [0.2, 0.25) is 0 Å². The Morgan fingerprint density at radius 2 is 2.43 bits per heavy atom. The van der Waals surface area contributed by atoms with Gasteiger partial charge in [-0.25, -0.2) is 0 Å². The molecule has 1 unspecified atom stereocenters. The van der Waals surface area contributed by atoms with Crippen LogP contribution in [0.4, 0.5) is 0 Å². The number of carbonyl (C=O) groups excluding carboxylic acids is 1. The Hall–Kier alpha value is -1.33. The summed E-state index contributed by atoms with van der Waals surface area (Å²) in [6, 6.07) is 3.44. The maximum Gasteiger partial charge on any atom is 0.267 e. The molecule has 1 heterocycles. The summed E-state index contributed by atoms with van der Waals surface area (Å²) >= 11 is 0. The zero-order valence-electron chi connectivity index (χ0n) is 7.97. The molecule has 78 valence electrons. The van der Waals surface area contributed by atoms with E-state index in [4.69, 9.17) is 10.2 Å². The number of hydrogen-bond donors (Lipinski definition) is 3. The molecule has 0 radical (unpaired) electrons. The molecule has 3 N–H and O–H groups in total. The lowest BCUT2D eigenvalue weighted by Crippen LogP contribution is -2.34. The molecule has 0 aliphatic carbocycles. The lowest BCUT2D eigenvalue weighted by Gasteiger charge is -2.09. The van der Waals surface area contributed by atoms with Crippen LogP contribution in [0.1, 0.15) is 10.5 Å². The molecule has 5 nitrogen and oxygen atoms in total. The number of amides is 1. The van der Waals surface area contributed by atoms with E-state index in [-0.39, 0.29) is 19.1 Å². The van der Waals surface area contributed by atoms with Crippen molar-refractivity contribution in [3.63, 3.8) is 0 Å². The number of carbonyl (C=O) groups is 1. The molecule has 0 bridgehead atoms. The minimum atomic E-state index is -0.904. The summed E-state index contributed by atoms with van der Waals surface area (Å²) in [5, 5.41) is 20.0. The van der Waals surface area contributed by atoms with Crippen molar-refractivity contribution in [3.8, 4) is 0 Å². The molecule has 1 rings (SSSR count). The molecule has 0 saturated heterocycles. The number of nitrogens with zero attached hydrogens (tertiary/aromatic N) is 1. The van der Waals surface area contributed by atoms with Gasteiger partial charge in [0.25, 0.3) is 5.91 Å². The summed E-state index contributed by atoms with van der Waals surface area (Å²) < 4.78 is 1.68. The van der Waals surface area contributed by atoms with Crippen molar-refractivity contribution in [1.82, 2.24) is 9.88 Å². The molecule has 0 aliphatic heterocycles. The predicted octanol–water partition coefficient (Wildman–Crippen LogP) is -0.892. The van der Waals surface area contributed by atoms with Crippen LogP contribution in [0.25, 0.3) is 0 Å². The Morgan fingerprint density at radius 3 is 2.93 bits per heavy atom. The first-order valence-electron chi connectivity index (χ1n) is 4.33. The number of aliphatic hydroxyl groups is 2. The molecule has 1 atom stereocenters. The van der Waals surface area contributed by atoms with Gasteiger partial charge in [-0.2, -0.15) is 0 Å². The monoisotopic (exact) mass is 198 g/mol. The van der Waals surface area contributed by atoms with Gasteiger partial charge < -0.3 is 20.1 Å². The van der Waals surface area contributed by atoms with Gasteiger partial charge in [-0.05, 0) is 12.1 Å². The van der Waals surface area contributed by atoms with Crippen molar-refractivity contribution >= 4 is 5.91 Å². The lowest BCUT2D eigenvalue weighted by atomic mass is 10.3. The first-order valence-corrected chi connectivity index (χ1v) is 4.33. The fourth-order valence-electron chi connectivity index (χ4n) is 1.06. The third-order valence-electron chi connectivity index (χ3n) is 1.89. The van der Waals surface area contributed by atoms with E-state index < -0.39 is 6.10 Å². The fraction of sp³-hybridized carbons (Fsp3) is 0.444. The average molecular weight is 198 g/mol. The van der Waals surface area contributed by atoms with Crippen molar-refractivity contribution < 1.29 is 15.0 Å². The van der Waals surface area contributed by atoms with E-state index in [0.29, 0.717) is 5.69 Å². The van der Waals surface area contributed by atoms with Gasteiger partial charge in [0.05, 0.1) is 12.7 Å². The Kier molecular flexibility index (Phi) is 3.67. The van der Waals surface area contributed by atoms with Gasteiger partial charge in [0.15, 0.2) is 0 Å². The van der Waals surface area contributed by atoms with E-state index in [1.165, 1.54) is 0 Å². The van der Waals surface area contributed by atoms with Crippen LogP contribution in [0.2, 0.25) is 0 Å². The second kappa shape index (κ2) is 4.78. The fourth-order valence-corrected chi connectivity index (χ4v) is 1.06. The van der Waals surface area contributed by atoms with E-state index in [9.17, 15) is 4.79 Å². The molecule has 14 heavy (non-hydrogen) atoms. The molecule has 1 aromatic rings. The molecular weight excluding hydrogens is 184 g/mol. The van der Waals surface area contributed by atoms with Crippen molar-refractivity contribution in [3.05, 3.63) is 24.0 Å². The minimum absolute atomic E-state index is 0.0561. The maximum absolute atomic E-state index is 11.4. The maximum atomic E-state index is 11.4. The van der Waals surface area contributed by atoms with Gasteiger partial charge in [-0.3, -0.25) is 4.79 Å². The van der Waals surface area contributed by atoms with Crippen molar-refractivity contribution in [1.29, 1.82) is 0 Å². The molecule has 5 heteroatoms. The van der Waals surface area contributed by atoms with Crippen molar-refractivity contribution in [2.45, 2.75) is 6.10 Å². The Bertz CT molecular complexity index is 309. The highest BCUT2D eigenvalue weighted by molar-refractivity contribution is 5.92. The number of aryl methyl sites for hydroxylation is 1. The van der Waals surface area contributed by atoms with Gasteiger partial charge in [0, 0.05) is 19.8 Å². The first-order chi connectivity index (χ1) is 6.65. The zero-order valence-corrected chi connectivity index (χ0v) is 7.97. The van der Waals surface area contributed by atoms with E-state index in [1.54, 1.807) is 29.9 Å². The summed E-state index contributed by atoms with van der Waals surface area (Å²) in [6.07, 6.45) is 0.858. The predicted molar refractivity (Wildman–Crippen MR) is 50.8 cm³/mol. The SMILES string of the molecule is Cn1cccc1C(=O)NCC(O)CO. The normalized spacial score (nSPS) is 12.5. The Balaban J connectivity index is 2.47. The third kappa shape index (κ3) is 2.58. The Morgan fingerprint density at radius 1 is 1.71 bits per heavy atom. The van der Waals surface area contributed by atoms with Crippen LogP contribution < -0.4 is 5.32 Å². The zero-order chi connectivity index (χ0) is 10.6. The first kappa shape index (κ1) is 10.7. The summed E-state index contributed by atoms with van der Waals surface area (Å²) in [7, 11) is 1.76. The molecule has 0 spiro atoms. The molecular formula is C9H14N2O3. The number of aliphatic hydroxyl groups excluding tert-OH is 2. The highest BCUT2D eigenvalue weighted by Crippen LogP contribution is 1.98. The van der Waals surface area contributed by atoms with Crippen LogP contribution in [-0.4, -0.2) is 39.9 Å². The summed E-state index contributed by atoms with van der Waals surface area (Å²) in [6.45, 7) is -0.298. The highest BCUT2D eigenvalue weighted by Gasteiger charge is 2.09. The number of aromatic nitrogens is 1. The molecule has 1 amide bonds. The molecule has 0 saturated carbocycles. The van der Waals surface area contributed by atoms with Crippen molar-refractivity contribution in [2.24, 2.45) is 7.05 Å². The van der Waals surface area contributed by atoms with Crippen LogP contribution in [0, 0.1) is 0 Å². The van der Waals surface area contributed by atoms with Crippen LogP contribution in [0.3, 0.4) is 0 Å². The van der Waals surface area contributed by atoms with E-state index in [1.807, 2.05) is 0 Å². The van der Waals surface area contributed by atoms with Crippen molar-refractivity contribution in [2.75, 3.05) is 13.2 Å². The molecule has 0 fully saturated rings. The average Bonchev–Trinajstić information content (AvgIpc) is 2.60. The molecule has 1 aromatic heterocycles. The molecule has 0 aliphatic rings. The minimum Gasteiger partial charge on any atom is -0.394 e. The summed E-state index contributed by atoms with van der Waals surface area (Å²) in [5.41, 5.74) is 0.523. The largest absolute Gasteiger partial charge is 0.394 e. The smallest absolute Gasteiger partial charge is 0.267 e. The quantitative estimate of drug-likeness (QED) is 0.587. The van der Waals surface area contributed by atoms with Gasteiger partial charge in [-0.15, -0.1) is 0 Å². The third-order valence-corrected chi connectivity index (χ3v) is 1.89. The van der Waals surface area contributed by atoms with Gasteiger partial charge >= 0.3 is 0 Å². The van der Waals surface area contributed by atoms with Crippen LogP contribution in [0.5, 0.6) is 0 Å². The number of hydrogen-bond acceptors (Lipinski definition) is 3. The lowest BCUT2D eigenvalue weighted by molar-refractivity contribution is 0.0797. The standard InChI is InChI=1S/C9H14N2O3/c1-11-4-2-3-8(11)9(14)10-5-7(13)6-12/h2-4,7,12-13H,5-6H2,1H3,(H,10,14). The number of nitrogens with one attached hydrogen (secondary N) is 1. The van der Waals surface area contributed by atoms with Crippen LogP contribution >= 0.6 is 0 Å². The Labute approximate surface area is 82.0 Å². The van der Waals surface area contributed by atoms with E-state index in [0.717, 1.165) is 0 Å². The second-order valence-electron chi connectivity index (χ2n) is 3.05. The van der Waals surface area contributed by atoms with E-state index in [2.05, 4.69) is 5.32 Å². The number of rotatable bonds is 4. The van der Waals surface area contributed by atoms with Gasteiger partial charge in [0.1, 0.15) is 5.69 Å². The molecule has 0 aromatic carbocycles. The summed E-state index contributed by atoms with van der Waals surface area (Å²) in [4.78, 5) is 11.4. The highest BCUT2D eigenvalue weighted by atomic mass is 16.3. The van der Waals surface area contributed by atoms with E-state index >= 15 is 0 Å². The summed E-state index contributed by atoms with van der Waals surface area (Å²) in [5.74, 6) is -0.259. The van der Waals surface area contributed by atoms with Gasteiger partial charge in [-0.1, -0.05) is 0 Å².